The number of nitriles is 1. The van der Waals surface area contributed by atoms with Gasteiger partial charge in [0.05, 0.1) is 35.8 Å². The summed E-state index contributed by atoms with van der Waals surface area (Å²) < 4.78 is 14.7. The number of carbonyl (C=O) groups excluding carboxylic acids is 1. The van der Waals surface area contributed by atoms with Crippen molar-refractivity contribution >= 4 is 17.3 Å². The van der Waals surface area contributed by atoms with Crippen LogP contribution in [0.3, 0.4) is 0 Å². The van der Waals surface area contributed by atoms with E-state index in [1.807, 2.05) is 13.0 Å². The monoisotopic (exact) mass is 415 g/mol. The second-order valence-electron chi connectivity index (χ2n) is 5.78. The van der Waals surface area contributed by atoms with E-state index in [2.05, 4.69) is 10.1 Å². The largest absolute Gasteiger partial charge is 0.494 e. The summed E-state index contributed by atoms with van der Waals surface area (Å²) in [4.78, 5) is 23.1. The van der Waals surface area contributed by atoms with Crippen LogP contribution in [-0.2, 0) is 14.3 Å². The van der Waals surface area contributed by atoms with Gasteiger partial charge in [-0.25, -0.2) is 4.79 Å². The van der Waals surface area contributed by atoms with Gasteiger partial charge in [0.15, 0.2) is 6.04 Å². The minimum Gasteiger partial charge on any atom is -0.494 e. The third kappa shape index (κ3) is 7.07. The number of nitrogens with one attached hydrogen (secondary N) is 1. The number of methoxy groups -OCH3 is 2. The lowest BCUT2D eigenvalue weighted by molar-refractivity contribution is -0.385. The number of esters is 1. The number of hydrogen-bond acceptors (Lipinski definition) is 8. The predicted molar refractivity (Wildman–Crippen MR) is 111 cm³/mol. The first-order chi connectivity index (χ1) is 14.4. The second kappa shape index (κ2) is 12.7. The van der Waals surface area contributed by atoms with Crippen molar-refractivity contribution < 1.29 is 23.9 Å². The lowest BCUT2D eigenvalue weighted by Gasteiger charge is -2.19. The SMILES string of the molecule is CCOC.CCOc1ccc([N+](=O)[O-])c(C(Nc2ccc(C#N)cc2)C(=O)OC)c1. The first-order valence-electron chi connectivity index (χ1n) is 9.16. The molecule has 0 spiro atoms. The Balaban J connectivity index is 0.00000103. The third-order valence-electron chi connectivity index (χ3n) is 3.87. The minimum atomic E-state index is -1.12. The van der Waals surface area contributed by atoms with Crippen molar-refractivity contribution in [3.8, 4) is 11.8 Å². The third-order valence-corrected chi connectivity index (χ3v) is 3.87. The van der Waals surface area contributed by atoms with Crippen LogP contribution in [0.25, 0.3) is 0 Å². The number of hydrogen-bond donors (Lipinski definition) is 1. The van der Waals surface area contributed by atoms with Gasteiger partial charge < -0.3 is 19.5 Å². The number of ether oxygens (including phenoxy) is 3. The summed E-state index contributed by atoms with van der Waals surface area (Å²) in [5.41, 5.74) is 0.854. The van der Waals surface area contributed by atoms with Gasteiger partial charge in [-0.1, -0.05) is 0 Å². The number of carbonyl (C=O) groups is 1. The first kappa shape index (κ1) is 24.4. The molecule has 0 aliphatic heterocycles. The highest BCUT2D eigenvalue weighted by Gasteiger charge is 2.29. The Morgan fingerprint density at radius 1 is 1.17 bits per heavy atom. The maximum absolute atomic E-state index is 12.3. The number of rotatable bonds is 8. The summed E-state index contributed by atoms with van der Waals surface area (Å²) in [7, 11) is 2.88. The van der Waals surface area contributed by atoms with Crippen molar-refractivity contribution in [3.05, 3.63) is 63.7 Å². The van der Waals surface area contributed by atoms with Crippen molar-refractivity contribution in [3.63, 3.8) is 0 Å². The molecule has 2 aromatic carbocycles. The average Bonchev–Trinajstić information content (AvgIpc) is 2.77. The van der Waals surface area contributed by atoms with E-state index in [0.29, 0.717) is 23.6 Å². The van der Waals surface area contributed by atoms with Gasteiger partial charge in [-0.05, 0) is 50.2 Å². The first-order valence-corrected chi connectivity index (χ1v) is 9.16. The molecule has 1 unspecified atom stereocenters. The second-order valence-corrected chi connectivity index (χ2v) is 5.78. The molecule has 0 bridgehead atoms. The highest BCUT2D eigenvalue weighted by molar-refractivity contribution is 5.83. The zero-order valence-electron chi connectivity index (χ0n) is 17.4. The predicted octanol–water partition coefficient (Wildman–Crippen LogP) is 3.84. The molecule has 0 aliphatic rings. The van der Waals surface area contributed by atoms with E-state index in [-0.39, 0.29) is 11.3 Å². The Kier molecular flexibility index (Phi) is 10.4. The van der Waals surface area contributed by atoms with E-state index >= 15 is 0 Å². The lowest BCUT2D eigenvalue weighted by atomic mass is 10.0. The zero-order valence-corrected chi connectivity index (χ0v) is 17.4. The Labute approximate surface area is 175 Å². The van der Waals surface area contributed by atoms with Crippen LogP contribution >= 0.6 is 0 Å². The Morgan fingerprint density at radius 3 is 2.27 bits per heavy atom. The van der Waals surface area contributed by atoms with Gasteiger partial charge in [-0.3, -0.25) is 10.1 Å². The van der Waals surface area contributed by atoms with Gasteiger partial charge in [0.25, 0.3) is 5.69 Å². The topological polar surface area (TPSA) is 124 Å². The maximum atomic E-state index is 12.3. The number of anilines is 1. The maximum Gasteiger partial charge on any atom is 0.333 e. The number of nitrogens with zero attached hydrogens (tertiary/aromatic N) is 2. The Morgan fingerprint density at radius 2 is 1.80 bits per heavy atom. The molecule has 2 aromatic rings. The van der Waals surface area contributed by atoms with Crippen LogP contribution in [0.5, 0.6) is 5.75 Å². The van der Waals surface area contributed by atoms with E-state index in [4.69, 9.17) is 14.7 Å². The van der Waals surface area contributed by atoms with Crippen molar-refractivity contribution in [2.75, 3.05) is 32.8 Å². The summed E-state index contributed by atoms with van der Waals surface area (Å²) >= 11 is 0. The van der Waals surface area contributed by atoms with E-state index in [9.17, 15) is 14.9 Å². The van der Waals surface area contributed by atoms with Crippen LogP contribution in [0.15, 0.2) is 42.5 Å². The molecule has 1 N–H and O–H groups in total. The zero-order chi connectivity index (χ0) is 22.5. The van der Waals surface area contributed by atoms with Crippen molar-refractivity contribution in [2.24, 2.45) is 0 Å². The minimum absolute atomic E-state index is 0.122. The van der Waals surface area contributed by atoms with Crippen LogP contribution in [0.4, 0.5) is 11.4 Å². The van der Waals surface area contributed by atoms with Crippen LogP contribution in [0, 0.1) is 21.4 Å². The van der Waals surface area contributed by atoms with E-state index in [1.54, 1.807) is 38.3 Å². The summed E-state index contributed by atoms with van der Waals surface area (Å²) in [6.07, 6.45) is 0. The van der Waals surface area contributed by atoms with Crippen LogP contribution in [0.2, 0.25) is 0 Å². The Hall–Kier alpha value is -3.64. The normalized spacial score (nSPS) is 10.6. The molecule has 0 amide bonds. The van der Waals surface area contributed by atoms with Crippen LogP contribution in [-0.4, -0.2) is 38.3 Å². The lowest BCUT2D eigenvalue weighted by Crippen LogP contribution is -2.23. The fourth-order valence-electron chi connectivity index (χ4n) is 2.38. The molecule has 0 aliphatic carbocycles. The van der Waals surface area contributed by atoms with E-state index in [1.165, 1.54) is 25.3 Å². The molecule has 160 valence electrons. The van der Waals surface area contributed by atoms with Gasteiger partial charge in [-0.2, -0.15) is 5.26 Å². The van der Waals surface area contributed by atoms with Gasteiger partial charge >= 0.3 is 5.97 Å². The molecule has 30 heavy (non-hydrogen) atoms. The molecule has 0 saturated carbocycles. The molecular formula is C21H25N3O6. The van der Waals surface area contributed by atoms with Crippen molar-refractivity contribution in [1.82, 2.24) is 0 Å². The molecule has 0 fully saturated rings. The standard InChI is InChI=1S/C18H17N3O5.C3H8O/c1-3-26-14-8-9-16(21(23)24)15(10-14)17(18(22)25-2)20-13-6-4-12(11-19)5-7-13;1-3-4-2/h4-10,17,20H,3H2,1-2H3;3H2,1-2H3. The number of nitro benzene ring substituents is 1. The van der Waals surface area contributed by atoms with E-state index in [0.717, 1.165) is 6.61 Å². The van der Waals surface area contributed by atoms with Crippen LogP contribution in [0.1, 0.15) is 31.0 Å². The van der Waals surface area contributed by atoms with Gasteiger partial charge in [0.1, 0.15) is 5.75 Å². The van der Waals surface area contributed by atoms with Crippen LogP contribution < -0.4 is 10.1 Å². The molecule has 1 atom stereocenters. The molecule has 0 radical (unpaired) electrons. The molecule has 0 saturated heterocycles. The van der Waals surface area contributed by atoms with Crippen molar-refractivity contribution in [2.45, 2.75) is 19.9 Å². The average molecular weight is 415 g/mol. The van der Waals surface area contributed by atoms with Gasteiger partial charge in [0, 0.05) is 25.5 Å². The summed E-state index contributed by atoms with van der Waals surface area (Å²) in [6.45, 7) is 4.94. The molecule has 0 heterocycles. The van der Waals surface area contributed by atoms with Gasteiger partial charge in [0.2, 0.25) is 0 Å². The quantitative estimate of drug-likeness (QED) is 0.392. The highest BCUT2D eigenvalue weighted by Crippen LogP contribution is 2.32. The van der Waals surface area contributed by atoms with Gasteiger partial charge in [-0.15, -0.1) is 0 Å². The summed E-state index contributed by atoms with van der Waals surface area (Å²) in [5, 5.41) is 23.2. The van der Waals surface area contributed by atoms with E-state index < -0.39 is 16.9 Å². The fourth-order valence-corrected chi connectivity index (χ4v) is 2.38. The molecule has 9 nitrogen and oxygen atoms in total. The molecule has 2 rings (SSSR count). The molecule has 9 heteroatoms. The highest BCUT2D eigenvalue weighted by atomic mass is 16.6. The number of nitro groups is 1. The smallest absolute Gasteiger partial charge is 0.333 e. The summed E-state index contributed by atoms with van der Waals surface area (Å²) in [6, 6.07) is 11.4. The van der Waals surface area contributed by atoms with Crippen molar-refractivity contribution in [1.29, 1.82) is 5.26 Å². The summed E-state index contributed by atoms with van der Waals surface area (Å²) in [5.74, 6) is -0.283. The fraction of sp³-hybridized carbons (Fsp3) is 0.333. The molecular weight excluding hydrogens is 390 g/mol. The molecule has 0 aromatic heterocycles. The Bertz CT molecular complexity index is 875. The number of benzene rings is 2.